The first-order chi connectivity index (χ1) is 21.0. The number of sulfonamides is 1. The van der Waals surface area contributed by atoms with Crippen molar-refractivity contribution in [2.45, 2.75) is 50.7 Å². The SMILES string of the molecule is Cc1ccc(S(=O)(=O)N(CC(=O)N(Cc2ccccc2F)C(Cc2ccccc2)C(=O)NC(C)C)c2cccc(Cl)c2)cc1. The van der Waals surface area contributed by atoms with Crippen molar-refractivity contribution in [3.63, 3.8) is 0 Å². The molecule has 4 rings (SSSR count). The maximum atomic E-state index is 15.0. The summed E-state index contributed by atoms with van der Waals surface area (Å²) in [7, 11) is -4.27. The molecule has 4 aromatic carbocycles. The van der Waals surface area contributed by atoms with Gasteiger partial charge < -0.3 is 10.2 Å². The van der Waals surface area contributed by atoms with Gasteiger partial charge in [-0.15, -0.1) is 0 Å². The molecule has 0 heterocycles. The number of nitrogens with one attached hydrogen (secondary N) is 1. The molecule has 0 bridgehead atoms. The Morgan fingerprint density at radius 2 is 1.55 bits per heavy atom. The number of benzene rings is 4. The number of carbonyl (C=O) groups excluding carboxylic acids is 2. The molecule has 0 radical (unpaired) electrons. The zero-order valence-electron chi connectivity index (χ0n) is 24.8. The third kappa shape index (κ3) is 8.24. The fourth-order valence-corrected chi connectivity index (χ4v) is 6.33. The van der Waals surface area contributed by atoms with E-state index in [0.29, 0.717) is 0 Å². The highest BCUT2D eigenvalue weighted by atomic mass is 35.5. The lowest BCUT2D eigenvalue weighted by Gasteiger charge is -2.34. The maximum absolute atomic E-state index is 15.0. The van der Waals surface area contributed by atoms with Gasteiger partial charge in [-0.3, -0.25) is 13.9 Å². The number of hydrogen-bond acceptors (Lipinski definition) is 4. The quantitative estimate of drug-likeness (QED) is 0.202. The molecule has 0 spiro atoms. The van der Waals surface area contributed by atoms with Crippen molar-refractivity contribution in [2.75, 3.05) is 10.8 Å². The number of nitrogens with zero attached hydrogens (tertiary/aromatic N) is 2. The van der Waals surface area contributed by atoms with Crippen LogP contribution in [0, 0.1) is 12.7 Å². The van der Waals surface area contributed by atoms with Gasteiger partial charge in [0.1, 0.15) is 18.4 Å². The molecular weight excluding hydrogens is 601 g/mol. The number of anilines is 1. The fourth-order valence-electron chi connectivity index (χ4n) is 4.74. The lowest BCUT2D eigenvalue weighted by atomic mass is 10.0. The van der Waals surface area contributed by atoms with Gasteiger partial charge in [-0.25, -0.2) is 12.8 Å². The van der Waals surface area contributed by atoms with E-state index in [-0.39, 0.29) is 40.2 Å². The van der Waals surface area contributed by atoms with Crippen LogP contribution >= 0.6 is 11.6 Å². The van der Waals surface area contributed by atoms with Crippen LogP contribution in [0.2, 0.25) is 5.02 Å². The average molecular weight is 636 g/mol. The van der Waals surface area contributed by atoms with Crippen molar-refractivity contribution in [3.8, 4) is 0 Å². The number of halogens is 2. The second-order valence-electron chi connectivity index (χ2n) is 10.8. The largest absolute Gasteiger partial charge is 0.352 e. The van der Waals surface area contributed by atoms with E-state index < -0.39 is 40.2 Å². The van der Waals surface area contributed by atoms with E-state index in [1.807, 2.05) is 37.3 Å². The van der Waals surface area contributed by atoms with Gasteiger partial charge in [0.2, 0.25) is 11.8 Å². The van der Waals surface area contributed by atoms with E-state index in [9.17, 15) is 22.4 Å². The van der Waals surface area contributed by atoms with Crippen LogP contribution in [0.15, 0.2) is 108 Å². The minimum absolute atomic E-state index is 0.0186. The van der Waals surface area contributed by atoms with Crippen molar-refractivity contribution < 1.29 is 22.4 Å². The average Bonchev–Trinajstić information content (AvgIpc) is 2.98. The van der Waals surface area contributed by atoms with Gasteiger partial charge in [0.15, 0.2) is 0 Å². The number of amides is 2. The van der Waals surface area contributed by atoms with Crippen LogP contribution in [0.3, 0.4) is 0 Å². The molecule has 1 unspecified atom stereocenters. The molecule has 0 aromatic heterocycles. The minimum Gasteiger partial charge on any atom is -0.352 e. The van der Waals surface area contributed by atoms with Crippen molar-refractivity contribution in [1.29, 1.82) is 0 Å². The predicted octanol–water partition coefficient (Wildman–Crippen LogP) is 6.15. The molecule has 1 atom stereocenters. The van der Waals surface area contributed by atoms with Gasteiger partial charge in [0.05, 0.1) is 10.6 Å². The summed E-state index contributed by atoms with van der Waals surface area (Å²) < 4.78 is 44.0. The molecule has 0 aliphatic rings. The number of aryl methyl sites for hydroxylation is 1. The normalized spacial score (nSPS) is 12.0. The lowest BCUT2D eigenvalue weighted by molar-refractivity contribution is -0.140. The van der Waals surface area contributed by atoms with E-state index in [1.165, 1.54) is 41.3 Å². The highest BCUT2D eigenvalue weighted by molar-refractivity contribution is 7.92. The van der Waals surface area contributed by atoms with Gasteiger partial charge in [0.25, 0.3) is 10.0 Å². The van der Waals surface area contributed by atoms with Gasteiger partial charge in [-0.2, -0.15) is 0 Å². The summed E-state index contributed by atoms with van der Waals surface area (Å²) in [5, 5.41) is 3.16. The third-order valence-corrected chi connectivity index (χ3v) is 9.01. The number of carbonyl (C=O) groups is 2. The Labute approximate surface area is 263 Å². The van der Waals surface area contributed by atoms with Crippen LogP contribution in [0.4, 0.5) is 10.1 Å². The first kappa shape index (κ1) is 32.7. The Hall–Kier alpha value is -4.21. The van der Waals surface area contributed by atoms with E-state index in [2.05, 4.69) is 5.32 Å². The molecule has 2 amide bonds. The molecular formula is C34H35ClFN3O4S. The standard InChI is InChI=1S/C34H35ClFN3O4S/c1-24(2)37-34(41)32(20-26-10-5-4-6-11-26)38(22-27-12-7-8-15-31(27)36)33(40)23-39(29-14-9-13-28(35)21-29)44(42,43)30-18-16-25(3)17-19-30/h4-19,21,24,32H,20,22-23H2,1-3H3,(H,37,41). The molecule has 0 aliphatic heterocycles. The molecule has 0 aliphatic carbocycles. The number of hydrogen-bond donors (Lipinski definition) is 1. The molecule has 0 saturated heterocycles. The topological polar surface area (TPSA) is 86.8 Å². The molecule has 230 valence electrons. The van der Waals surface area contributed by atoms with Crippen molar-refractivity contribution in [2.24, 2.45) is 0 Å². The molecule has 4 aromatic rings. The third-order valence-electron chi connectivity index (χ3n) is 6.98. The van der Waals surface area contributed by atoms with Gasteiger partial charge >= 0.3 is 0 Å². The Balaban J connectivity index is 1.82. The molecule has 0 fully saturated rings. The predicted molar refractivity (Wildman–Crippen MR) is 171 cm³/mol. The van der Waals surface area contributed by atoms with E-state index in [1.54, 1.807) is 50.2 Å². The molecule has 0 saturated carbocycles. The summed E-state index contributed by atoms with van der Waals surface area (Å²) in [4.78, 5) is 29.3. The fraction of sp³-hybridized carbons (Fsp3) is 0.235. The first-order valence-electron chi connectivity index (χ1n) is 14.2. The smallest absolute Gasteiger partial charge is 0.264 e. The Morgan fingerprint density at radius 3 is 2.18 bits per heavy atom. The van der Waals surface area contributed by atoms with Gasteiger partial charge in [0, 0.05) is 29.6 Å². The second-order valence-corrected chi connectivity index (χ2v) is 13.1. The van der Waals surface area contributed by atoms with E-state index in [4.69, 9.17) is 11.6 Å². The van der Waals surface area contributed by atoms with E-state index >= 15 is 0 Å². The summed E-state index contributed by atoms with van der Waals surface area (Å²) in [6, 6.07) is 26.3. The summed E-state index contributed by atoms with van der Waals surface area (Å²) >= 11 is 6.25. The summed E-state index contributed by atoms with van der Waals surface area (Å²) in [5.41, 5.74) is 2.00. The van der Waals surface area contributed by atoms with Crippen LogP contribution in [0.25, 0.3) is 0 Å². The van der Waals surface area contributed by atoms with Crippen LogP contribution in [0.5, 0.6) is 0 Å². The Bertz CT molecular complexity index is 1700. The maximum Gasteiger partial charge on any atom is 0.264 e. The Morgan fingerprint density at radius 1 is 0.886 bits per heavy atom. The number of rotatable bonds is 12. The molecule has 1 N–H and O–H groups in total. The lowest BCUT2D eigenvalue weighted by Crippen LogP contribution is -2.54. The highest BCUT2D eigenvalue weighted by Crippen LogP contribution is 2.27. The van der Waals surface area contributed by atoms with Crippen LogP contribution < -0.4 is 9.62 Å². The van der Waals surface area contributed by atoms with Crippen LogP contribution in [-0.4, -0.2) is 43.8 Å². The monoisotopic (exact) mass is 635 g/mol. The first-order valence-corrected chi connectivity index (χ1v) is 16.0. The summed E-state index contributed by atoms with van der Waals surface area (Å²) in [6.07, 6.45) is 0.126. The van der Waals surface area contributed by atoms with Crippen molar-refractivity contribution in [3.05, 3.63) is 131 Å². The van der Waals surface area contributed by atoms with Gasteiger partial charge in [-0.05, 0) is 62.7 Å². The second kappa shape index (κ2) is 14.5. The molecule has 44 heavy (non-hydrogen) atoms. The summed E-state index contributed by atoms with van der Waals surface area (Å²) in [6.45, 7) is 4.52. The molecule has 7 nitrogen and oxygen atoms in total. The zero-order chi connectivity index (χ0) is 31.9. The van der Waals surface area contributed by atoms with Crippen molar-refractivity contribution >= 4 is 39.1 Å². The van der Waals surface area contributed by atoms with Crippen molar-refractivity contribution in [1.82, 2.24) is 10.2 Å². The van der Waals surface area contributed by atoms with Gasteiger partial charge in [-0.1, -0.05) is 83.9 Å². The van der Waals surface area contributed by atoms with E-state index in [0.717, 1.165) is 15.4 Å². The minimum atomic E-state index is -4.27. The van der Waals surface area contributed by atoms with Crippen LogP contribution in [-0.2, 0) is 32.6 Å². The Kier molecular flexibility index (Phi) is 10.8. The van der Waals surface area contributed by atoms with Crippen LogP contribution in [0.1, 0.15) is 30.5 Å². The highest BCUT2D eigenvalue weighted by Gasteiger charge is 2.35. The zero-order valence-corrected chi connectivity index (χ0v) is 26.4. The summed E-state index contributed by atoms with van der Waals surface area (Å²) in [5.74, 6) is -1.68. The molecule has 10 heteroatoms.